The number of aliphatic hydroxyl groups excluding tert-OH is 1. The molecular formula is C18H23NO4. The summed E-state index contributed by atoms with van der Waals surface area (Å²) in [5.74, 6) is -0.278. The quantitative estimate of drug-likeness (QED) is 0.827. The molecule has 124 valence electrons. The first-order chi connectivity index (χ1) is 11.0. The van der Waals surface area contributed by atoms with Crippen molar-refractivity contribution in [2.24, 2.45) is 0 Å². The number of nitrogens with zero attached hydrogens (tertiary/aromatic N) is 1. The van der Waals surface area contributed by atoms with E-state index in [2.05, 4.69) is 11.9 Å². The van der Waals surface area contributed by atoms with E-state index < -0.39 is 11.9 Å². The van der Waals surface area contributed by atoms with Gasteiger partial charge in [-0.3, -0.25) is 4.90 Å². The van der Waals surface area contributed by atoms with Gasteiger partial charge < -0.3 is 19.7 Å². The number of aromatic hydroxyl groups is 1. The highest BCUT2D eigenvalue weighted by Gasteiger charge is 2.62. The van der Waals surface area contributed by atoms with Crippen LogP contribution in [0.25, 0.3) is 0 Å². The Kier molecular flexibility index (Phi) is 2.57. The van der Waals surface area contributed by atoms with Gasteiger partial charge in [0.05, 0.1) is 0 Å². The molecule has 0 saturated heterocycles. The average Bonchev–Trinajstić information content (AvgIpc) is 2.88. The highest BCUT2D eigenvalue weighted by Crippen LogP contribution is 2.65. The zero-order valence-corrected chi connectivity index (χ0v) is 13.6. The molecule has 2 heterocycles. The summed E-state index contributed by atoms with van der Waals surface area (Å²) in [5, 5.41) is 21.1. The van der Waals surface area contributed by atoms with Crippen LogP contribution in [-0.2, 0) is 16.6 Å². The Bertz CT molecular complexity index is 705. The Hall–Kier alpha value is -1.30. The van der Waals surface area contributed by atoms with Gasteiger partial charge in [0, 0.05) is 37.1 Å². The molecule has 4 aliphatic rings. The molecule has 1 aromatic carbocycles. The summed E-state index contributed by atoms with van der Waals surface area (Å²) in [5.41, 5.74) is 3.78. The Morgan fingerprint density at radius 1 is 1.43 bits per heavy atom. The normalized spacial score (nSPS) is 40.7. The first-order valence-electron chi connectivity index (χ1n) is 8.51. The molecule has 1 spiro atoms. The summed E-state index contributed by atoms with van der Waals surface area (Å²) in [7, 11) is 3.78. The number of aliphatic hydroxyl groups is 1. The molecule has 4 atom stereocenters. The van der Waals surface area contributed by atoms with Crippen LogP contribution in [-0.4, -0.2) is 47.7 Å². The lowest BCUT2D eigenvalue weighted by molar-refractivity contribution is -0.261. The molecule has 4 unspecified atom stereocenters. The van der Waals surface area contributed by atoms with Gasteiger partial charge in [0.2, 0.25) is 5.79 Å². The van der Waals surface area contributed by atoms with E-state index in [9.17, 15) is 10.2 Å². The van der Waals surface area contributed by atoms with Gasteiger partial charge in [-0.05, 0) is 49.9 Å². The van der Waals surface area contributed by atoms with Gasteiger partial charge in [0.15, 0.2) is 11.5 Å². The number of rotatable bonds is 1. The fourth-order valence-electron chi connectivity index (χ4n) is 5.56. The van der Waals surface area contributed by atoms with Crippen molar-refractivity contribution >= 4 is 0 Å². The van der Waals surface area contributed by atoms with Crippen LogP contribution >= 0.6 is 0 Å². The lowest BCUT2D eigenvalue weighted by Crippen LogP contribution is -2.59. The smallest absolute Gasteiger partial charge is 0.237 e. The van der Waals surface area contributed by atoms with E-state index in [4.69, 9.17) is 9.47 Å². The van der Waals surface area contributed by atoms with Crippen LogP contribution in [0.5, 0.6) is 11.5 Å². The highest BCUT2D eigenvalue weighted by molar-refractivity contribution is 5.63. The molecule has 1 aromatic rings. The van der Waals surface area contributed by atoms with Gasteiger partial charge >= 0.3 is 0 Å². The largest absolute Gasteiger partial charge is 0.504 e. The van der Waals surface area contributed by atoms with Crippen LogP contribution in [0.15, 0.2) is 6.07 Å². The third kappa shape index (κ3) is 1.53. The predicted octanol–water partition coefficient (Wildman–Crippen LogP) is 1.84. The van der Waals surface area contributed by atoms with Crippen LogP contribution in [0.4, 0.5) is 0 Å². The summed E-state index contributed by atoms with van der Waals surface area (Å²) in [4.78, 5) is 2.42. The second-order valence-corrected chi connectivity index (χ2v) is 7.75. The number of ether oxygens (including phenoxy) is 2. The van der Waals surface area contributed by atoms with Crippen LogP contribution in [0.3, 0.4) is 0 Å². The van der Waals surface area contributed by atoms with Gasteiger partial charge in [-0.25, -0.2) is 0 Å². The number of hydrogen-bond donors (Lipinski definition) is 2. The van der Waals surface area contributed by atoms with Gasteiger partial charge in [-0.2, -0.15) is 0 Å². The topological polar surface area (TPSA) is 62.2 Å². The van der Waals surface area contributed by atoms with Crippen LogP contribution < -0.4 is 4.74 Å². The first-order valence-corrected chi connectivity index (χ1v) is 8.51. The molecule has 5 heteroatoms. The van der Waals surface area contributed by atoms with Crippen molar-refractivity contribution in [2.75, 3.05) is 20.7 Å². The fraction of sp³-hybridized carbons (Fsp3) is 0.667. The molecule has 5 rings (SSSR count). The summed E-state index contributed by atoms with van der Waals surface area (Å²) in [6.45, 7) is 1.02. The van der Waals surface area contributed by atoms with E-state index in [1.54, 1.807) is 7.11 Å². The molecule has 2 aliphatic carbocycles. The Labute approximate surface area is 135 Å². The van der Waals surface area contributed by atoms with Crippen LogP contribution in [0.1, 0.15) is 48.4 Å². The highest BCUT2D eigenvalue weighted by atomic mass is 16.7. The monoisotopic (exact) mass is 317 g/mol. The van der Waals surface area contributed by atoms with Crippen molar-refractivity contribution in [3.8, 4) is 11.5 Å². The van der Waals surface area contributed by atoms with Crippen molar-refractivity contribution in [1.29, 1.82) is 0 Å². The number of likely N-dealkylation sites (N-methyl/N-ethyl adjacent to an activating group) is 1. The standard InChI is InChI=1S/C18H23NO4/c1-19-6-4-10-7-12(20)16-15-14(10)11(19)8-17(15)5-3-13(21)18(9-17,22-2)23-16/h7,11,13,20-21H,3-6,8-9H2,1-2H3. The Morgan fingerprint density at radius 2 is 2.26 bits per heavy atom. The summed E-state index contributed by atoms with van der Waals surface area (Å²) in [6.07, 6.45) is 3.62. The van der Waals surface area contributed by atoms with Crippen molar-refractivity contribution in [2.45, 2.75) is 55.5 Å². The minimum atomic E-state index is -1.02. The molecule has 2 aliphatic heterocycles. The minimum Gasteiger partial charge on any atom is -0.504 e. The maximum absolute atomic E-state index is 10.6. The van der Waals surface area contributed by atoms with E-state index in [-0.39, 0.29) is 11.2 Å². The van der Waals surface area contributed by atoms with E-state index >= 15 is 0 Å². The predicted molar refractivity (Wildman–Crippen MR) is 83.7 cm³/mol. The third-order valence-corrected chi connectivity index (χ3v) is 6.71. The van der Waals surface area contributed by atoms with Crippen LogP contribution in [0.2, 0.25) is 0 Å². The zero-order valence-electron chi connectivity index (χ0n) is 13.6. The molecular weight excluding hydrogens is 294 g/mol. The maximum atomic E-state index is 10.6. The number of fused-ring (bicyclic) bond motifs is 1. The number of benzene rings is 1. The molecule has 0 radical (unpaired) electrons. The van der Waals surface area contributed by atoms with Crippen molar-refractivity contribution in [3.05, 3.63) is 22.8 Å². The van der Waals surface area contributed by atoms with Crippen molar-refractivity contribution in [3.63, 3.8) is 0 Å². The van der Waals surface area contributed by atoms with Gasteiger partial charge in [-0.15, -0.1) is 0 Å². The molecule has 0 aromatic heterocycles. The number of phenols is 1. The Morgan fingerprint density at radius 3 is 3.04 bits per heavy atom. The number of hydrogen-bond acceptors (Lipinski definition) is 5. The molecule has 0 amide bonds. The van der Waals surface area contributed by atoms with E-state index in [0.717, 1.165) is 25.8 Å². The molecule has 2 bridgehead atoms. The molecule has 5 nitrogen and oxygen atoms in total. The second kappa shape index (κ2) is 4.21. The molecule has 1 fully saturated rings. The van der Waals surface area contributed by atoms with Gasteiger partial charge in [0.1, 0.15) is 6.10 Å². The molecule has 2 N–H and O–H groups in total. The Balaban J connectivity index is 1.79. The second-order valence-electron chi connectivity index (χ2n) is 7.75. The van der Waals surface area contributed by atoms with E-state index in [0.29, 0.717) is 24.6 Å². The lowest BCUT2D eigenvalue weighted by Gasteiger charge is -2.52. The third-order valence-electron chi connectivity index (χ3n) is 6.71. The van der Waals surface area contributed by atoms with Crippen molar-refractivity contribution in [1.82, 2.24) is 4.90 Å². The van der Waals surface area contributed by atoms with E-state index in [1.165, 1.54) is 16.7 Å². The van der Waals surface area contributed by atoms with Gasteiger partial charge in [0.25, 0.3) is 0 Å². The first kappa shape index (κ1) is 14.1. The van der Waals surface area contributed by atoms with Gasteiger partial charge in [-0.1, -0.05) is 0 Å². The number of phenolic OH excluding ortho intramolecular Hbond substituents is 1. The summed E-state index contributed by atoms with van der Waals surface area (Å²) in [6, 6.07) is 2.25. The molecule has 23 heavy (non-hydrogen) atoms. The minimum absolute atomic E-state index is 0.0467. The average molecular weight is 317 g/mol. The summed E-state index contributed by atoms with van der Waals surface area (Å²) >= 11 is 0. The SMILES string of the molecule is COC12CC3(CCC1O)CC1c4c(cc(O)c(c43)O2)CCN1C. The number of methoxy groups -OCH3 is 1. The fourth-order valence-corrected chi connectivity index (χ4v) is 5.56. The van der Waals surface area contributed by atoms with Crippen LogP contribution in [0, 0.1) is 0 Å². The molecule has 1 saturated carbocycles. The van der Waals surface area contributed by atoms with Crippen molar-refractivity contribution < 1.29 is 19.7 Å². The maximum Gasteiger partial charge on any atom is 0.237 e. The van der Waals surface area contributed by atoms with E-state index in [1.807, 2.05) is 6.07 Å². The lowest BCUT2D eigenvalue weighted by atomic mass is 9.65. The summed E-state index contributed by atoms with van der Waals surface area (Å²) < 4.78 is 11.8. The zero-order chi connectivity index (χ0) is 16.0.